The van der Waals surface area contributed by atoms with Gasteiger partial charge in [-0.15, -0.1) is 0 Å². The minimum absolute atomic E-state index is 0.0849. The Bertz CT molecular complexity index is 207. The van der Waals surface area contributed by atoms with E-state index in [1.807, 2.05) is 11.8 Å². The van der Waals surface area contributed by atoms with E-state index >= 15 is 0 Å². The highest BCUT2D eigenvalue weighted by molar-refractivity contribution is 7.99. The second-order valence-electron chi connectivity index (χ2n) is 5.14. The number of esters is 1. The monoisotopic (exact) mass is 288 g/mol. The number of carbonyl (C=O) groups excluding carboxylic acids is 1. The van der Waals surface area contributed by atoms with Crippen molar-refractivity contribution in [3.05, 3.63) is 0 Å². The molecule has 0 aromatic rings. The molecule has 0 aromatic carbocycles. The number of unbranched alkanes of at least 4 members (excludes halogenated alkanes) is 6. The Morgan fingerprint density at radius 2 is 1.68 bits per heavy atom. The fraction of sp³-hybridized carbons (Fsp3) is 0.938. The molecule has 1 atom stereocenters. The third-order valence-electron chi connectivity index (χ3n) is 3.47. The van der Waals surface area contributed by atoms with Crippen LogP contribution in [0.1, 0.15) is 78.1 Å². The van der Waals surface area contributed by atoms with E-state index in [4.69, 9.17) is 0 Å². The molecule has 0 aromatic heterocycles. The summed E-state index contributed by atoms with van der Waals surface area (Å²) < 4.78 is 4.66. The summed E-state index contributed by atoms with van der Waals surface area (Å²) in [4.78, 5) is 11.0. The molecule has 0 saturated carbocycles. The zero-order valence-electron chi connectivity index (χ0n) is 13.1. The summed E-state index contributed by atoms with van der Waals surface area (Å²) >= 11 is 1.94. The third kappa shape index (κ3) is 12.6. The fourth-order valence-electron chi connectivity index (χ4n) is 2.15. The summed E-state index contributed by atoms with van der Waals surface area (Å²) in [5.74, 6) is 0.820. The van der Waals surface area contributed by atoms with Gasteiger partial charge in [0.25, 0.3) is 0 Å². The van der Waals surface area contributed by atoms with Crippen molar-refractivity contribution in [3.8, 4) is 0 Å². The average Bonchev–Trinajstić information content (AvgIpc) is 2.44. The molecule has 0 N–H and O–H groups in total. The van der Waals surface area contributed by atoms with Crippen molar-refractivity contribution in [2.24, 2.45) is 0 Å². The van der Waals surface area contributed by atoms with Crippen molar-refractivity contribution in [3.63, 3.8) is 0 Å². The van der Waals surface area contributed by atoms with Crippen molar-refractivity contribution in [1.82, 2.24) is 0 Å². The summed E-state index contributed by atoms with van der Waals surface area (Å²) in [6.45, 7) is 4.51. The number of thioether (sulfide) groups is 1. The fourth-order valence-corrected chi connectivity index (χ4v) is 3.33. The summed E-state index contributed by atoms with van der Waals surface area (Å²) in [5, 5.41) is 0.722. The number of ether oxygens (including phenoxy) is 1. The number of rotatable bonds is 13. The van der Waals surface area contributed by atoms with E-state index in [-0.39, 0.29) is 5.97 Å². The molecule has 0 amide bonds. The SMILES string of the molecule is CCCCCCCCCC(CC)SCCC(=O)OC. The highest BCUT2D eigenvalue weighted by Crippen LogP contribution is 2.22. The van der Waals surface area contributed by atoms with Crippen LogP contribution < -0.4 is 0 Å². The van der Waals surface area contributed by atoms with Crippen LogP contribution in [0.25, 0.3) is 0 Å². The summed E-state index contributed by atoms with van der Waals surface area (Å²) in [6.07, 6.45) is 12.7. The van der Waals surface area contributed by atoms with Crippen LogP contribution >= 0.6 is 11.8 Å². The molecule has 0 saturated heterocycles. The number of methoxy groups -OCH3 is 1. The Labute approximate surface area is 124 Å². The molecule has 0 fully saturated rings. The second kappa shape index (κ2) is 14.2. The first-order valence-electron chi connectivity index (χ1n) is 7.93. The normalized spacial score (nSPS) is 12.4. The summed E-state index contributed by atoms with van der Waals surface area (Å²) in [7, 11) is 1.46. The molecular formula is C16H32O2S. The Morgan fingerprint density at radius 3 is 2.26 bits per heavy atom. The minimum atomic E-state index is -0.0849. The van der Waals surface area contributed by atoms with E-state index in [9.17, 15) is 4.79 Å². The van der Waals surface area contributed by atoms with Gasteiger partial charge in [-0.05, 0) is 12.8 Å². The van der Waals surface area contributed by atoms with Crippen LogP contribution in [-0.2, 0) is 9.53 Å². The van der Waals surface area contributed by atoms with Gasteiger partial charge in [0, 0.05) is 11.0 Å². The molecular weight excluding hydrogens is 256 g/mol. The number of hydrogen-bond acceptors (Lipinski definition) is 3. The summed E-state index contributed by atoms with van der Waals surface area (Å²) in [6, 6.07) is 0. The maximum atomic E-state index is 11.0. The maximum Gasteiger partial charge on any atom is 0.306 e. The minimum Gasteiger partial charge on any atom is -0.469 e. The van der Waals surface area contributed by atoms with E-state index in [1.54, 1.807) is 0 Å². The lowest BCUT2D eigenvalue weighted by Crippen LogP contribution is -2.06. The van der Waals surface area contributed by atoms with Gasteiger partial charge in [-0.25, -0.2) is 0 Å². The molecule has 19 heavy (non-hydrogen) atoms. The van der Waals surface area contributed by atoms with E-state index in [0.717, 1.165) is 11.0 Å². The van der Waals surface area contributed by atoms with Gasteiger partial charge >= 0.3 is 5.97 Å². The van der Waals surface area contributed by atoms with Gasteiger partial charge in [0.05, 0.1) is 13.5 Å². The Hall–Kier alpha value is -0.180. The molecule has 0 radical (unpaired) electrons. The molecule has 0 aliphatic carbocycles. The van der Waals surface area contributed by atoms with Gasteiger partial charge in [0.2, 0.25) is 0 Å². The van der Waals surface area contributed by atoms with Crippen molar-refractivity contribution in [1.29, 1.82) is 0 Å². The van der Waals surface area contributed by atoms with Crippen LogP contribution in [0, 0.1) is 0 Å². The van der Waals surface area contributed by atoms with E-state index in [1.165, 1.54) is 64.9 Å². The lowest BCUT2D eigenvalue weighted by atomic mass is 10.1. The van der Waals surface area contributed by atoms with Crippen LogP contribution in [-0.4, -0.2) is 24.1 Å². The van der Waals surface area contributed by atoms with Crippen molar-refractivity contribution in [2.45, 2.75) is 83.3 Å². The molecule has 0 bridgehead atoms. The first-order valence-corrected chi connectivity index (χ1v) is 8.97. The highest BCUT2D eigenvalue weighted by atomic mass is 32.2. The predicted molar refractivity (Wildman–Crippen MR) is 85.8 cm³/mol. The zero-order chi connectivity index (χ0) is 14.3. The predicted octanol–water partition coefficient (Wildman–Crippen LogP) is 5.20. The molecule has 114 valence electrons. The van der Waals surface area contributed by atoms with Crippen LogP contribution in [0.5, 0.6) is 0 Å². The average molecular weight is 288 g/mol. The number of carbonyl (C=O) groups is 1. The Kier molecular flexibility index (Phi) is 14.1. The highest BCUT2D eigenvalue weighted by Gasteiger charge is 2.08. The lowest BCUT2D eigenvalue weighted by Gasteiger charge is -2.13. The van der Waals surface area contributed by atoms with Crippen LogP contribution in [0.15, 0.2) is 0 Å². The topological polar surface area (TPSA) is 26.3 Å². The largest absolute Gasteiger partial charge is 0.469 e. The lowest BCUT2D eigenvalue weighted by molar-refractivity contribution is -0.140. The van der Waals surface area contributed by atoms with Gasteiger partial charge in [-0.1, -0.05) is 58.8 Å². The molecule has 1 unspecified atom stereocenters. The van der Waals surface area contributed by atoms with Gasteiger partial charge in [-0.2, -0.15) is 11.8 Å². The molecule has 2 nitrogen and oxygen atoms in total. The smallest absolute Gasteiger partial charge is 0.306 e. The molecule has 3 heteroatoms. The van der Waals surface area contributed by atoms with Gasteiger partial charge in [0.15, 0.2) is 0 Å². The van der Waals surface area contributed by atoms with Crippen LogP contribution in [0.3, 0.4) is 0 Å². The molecule has 0 rings (SSSR count). The first kappa shape index (κ1) is 18.8. The Balaban J connectivity index is 3.41. The molecule has 0 heterocycles. The third-order valence-corrected chi connectivity index (χ3v) is 4.95. The van der Waals surface area contributed by atoms with Gasteiger partial charge in [0.1, 0.15) is 0 Å². The van der Waals surface area contributed by atoms with Gasteiger partial charge < -0.3 is 4.74 Å². The molecule has 0 spiro atoms. The van der Waals surface area contributed by atoms with E-state index in [2.05, 4.69) is 18.6 Å². The van der Waals surface area contributed by atoms with E-state index < -0.39 is 0 Å². The zero-order valence-corrected chi connectivity index (χ0v) is 13.9. The molecule has 0 aliphatic rings. The van der Waals surface area contributed by atoms with Crippen LogP contribution in [0.4, 0.5) is 0 Å². The number of hydrogen-bond donors (Lipinski definition) is 0. The van der Waals surface area contributed by atoms with Gasteiger partial charge in [-0.3, -0.25) is 4.79 Å². The summed E-state index contributed by atoms with van der Waals surface area (Å²) in [5.41, 5.74) is 0. The maximum absolute atomic E-state index is 11.0. The second-order valence-corrected chi connectivity index (χ2v) is 6.55. The van der Waals surface area contributed by atoms with E-state index in [0.29, 0.717) is 6.42 Å². The van der Waals surface area contributed by atoms with Crippen molar-refractivity contribution in [2.75, 3.05) is 12.9 Å². The van der Waals surface area contributed by atoms with Crippen molar-refractivity contribution < 1.29 is 9.53 Å². The molecule has 0 aliphatic heterocycles. The Morgan fingerprint density at radius 1 is 1.05 bits per heavy atom. The van der Waals surface area contributed by atoms with Crippen LogP contribution in [0.2, 0.25) is 0 Å². The standard InChI is InChI=1S/C16H32O2S/c1-4-6-7-8-9-10-11-12-15(5-2)19-14-13-16(17)18-3/h15H,4-14H2,1-3H3. The quantitative estimate of drug-likeness (QED) is 0.344. The first-order chi connectivity index (χ1) is 9.24. The van der Waals surface area contributed by atoms with Crippen molar-refractivity contribution >= 4 is 17.7 Å².